The zero-order valence-corrected chi connectivity index (χ0v) is 37.3. The van der Waals surface area contributed by atoms with Crippen molar-refractivity contribution in [1.82, 2.24) is 0 Å². The highest BCUT2D eigenvalue weighted by Crippen LogP contribution is 2.45. The fraction of sp³-hybridized carbons (Fsp3) is 0.897. The lowest BCUT2D eigenvalue weighted by molar-refractivity contribution is -0.161. The Balaban J connectivity index is 5.00. The molecule has 0 bridgehead atoms. The first kappa shape index (κ1) is 56.1. The number of phosphoric acid groups is 2. The van der Waals surface area contributed by atoms with Crippen LogP contribution in [0.4, 0.5) is 0 Å². The molecule has 5 atom stereocenters. The molecule has 0 aliphatic heterocycles. The van der Waals surface area contributed by atoms with Gasteiger partial charge in [-0.25, -0.2) is 9.13 Å². The summed E-state index contributed by atoms with van der Waals surface area (Å²) in [4.78, 5) is 69.4. The number of ether oxygens (including phenoxy) is 4. The Labute approximate surface area is 346 Å². The molecule has 0 aliphatic rings. The second-order valence-corrected chi connectivity index (χ2v) is 17.2. The average molecular weight is 877 g/mol. The second kappa shape index (κ2) is 35.8. The van der Waals surface area contributed by atoms with Crippen molar-refractivity contribution < 1.29 is 80.2 Å². The third kappa shape index (κ3) is 34.9. The number of aliphatic hydroxyl groups is 1. The number of phosphoric ester groups is 2. The van der Waals surface area contributed by atoms with Gasteiger partial charge in [-0.05, 0) is 25.7 Å². The standard InChI is InChI=1S/C39H74O17P2/c1-5-9-12-14-16-18-21-25-38(43)55-34(29-49-36(41)23-8-4)31-53-57(45,46)51-27-33(40)28-52-58(47,48)54-32-35(30-50-37(42)24-20-11-7-3)56-39(44)26-22-19-17-15-13-10-6-2/h33-35,40H,5-32H2,1-4H3,(H,45,46)(H,47,48)/t33-,34-,35-/m1/s1. The lowest BCUT2D eigenvalue weighted by Gasteiger charge is -2.21. The monoisotopic (exact) mass is 876 g/mol. The maximum Gasteiger partial charge on any atom is 0.472 e. The molecule has 0 aromatic heterocycles. The first-order valence-electron chi connectivity index (χ1n) is 21.3. The van der Waals surface area contributed by atoms with Crippen LogP contribution in [-0.2, 0) is 65.4 Å². The van der Waals surface area contributed by atoms with Crippen LogP contribution in [0.2, 0.25) is 0 Å². The summed E-state index contributed by atoms with van der Waals surface area (Å²) < 4.78 is 65.7. The summed E-state index contributed by atoms with van der Waals surface area (Å²) in [7, 11) is -9.78. The minimum absolute atomic E-state index is 0.1000. The van der Waals surface area contributed by atoms with E-state index in [0.717, 1.165) is 89.9 Å². The summed E-state index contributed by atoms with van der Waals surface area (Å²) in [6, 6.07) is 0. The normalized spacial score (nSPS) is 15.1. The molecule has 0 radical (unpaired) electrons. The fourth-order valence-corrected chi connectivity index (χ4v) is 6.83. The Bertz CT molecular complexity index is 1190. The molecule has 0 heterocycles. The van der Waals surface area contributed by atoms with E-state index in [1.165, 1.54) is 0 Å². The highest BCUT2D eigenvalue weighted by atomic mass is 31.2. The number of aliphatic hydroxyl groups excluding tert-OH is 1. The summed E-state index contributed by atoms with van der Waals surface area (Å²) in [5.41, 5.74) is 0. The van der Waals surface area contributed by atoms with Crippen LogP contribution in [0.1, 0.15) is 169 Å². The van der Waals surface area contributed by atoms with Crippen molar-refractivity contribution in [2.24, 2.45) is 0 Å². The van der Waals surface area contributed by atoms with Crippen LogP contribution in [-0.4, -0.2) is 96.7 Å². The van der Waals surface area contributed by atoms with Crippen molar-refractivity contribution in [1.29, 1.82) is 0 Å². The molecule has 19 heteroatoms. The molecule has 17 nitrogen and oxygen atoms in total. The van der Waals surface area contributed by atoms with Crippen molar-refractivity contribution in [3.8, 4) is 0 Å². The molecule has 0 aromatic rings. The topological polar surface area (TPSA) is 237 Å². The first-order chi connectivity index (χ1) is 27.7. The Kier molecular flexibility index (Phi) is 34.6. The number of unbranched alkanes of at least 4 members (excludes halogenated alkanes) is 14. The molecule has 3 N–H and O–H groups in total. The quantitative estimate of drug-likeness (QED) is 0.0228. The molecule has 0 saturated carbocycles. The van der Waals surface area contributed by atoms with E-state index < -0.39 is 97.5 Å². The van der Waals surface area contributed by atoms with Crippen LogP contribution in [0, 0.1) is 0 Å². The van der Waals surface area contributed by atoms with Gasteiger partial charge in [0.15, 0.2) is 12.2 Å². The van der Waals surface area contributed by atoms with Crippen LogP contribution in [0.3, 0.4) is 0 Å². The van der Waals surface area contributed by atoms with Crippen LogP contribution >= 0.6 is 15.6 Å². The number of carbonyl (C=O) groups is 4. The van der Waals surface area contributed by atoms with E-state index in [0.29, 0.717) is 25.7 Å². The molecule has 0 rings (SSSR count). The maximum atomic E-state index is 12.6. The SMILES string of the molecule is CCCCCCCCCC(=O)O[C@H](COC(=O)CCC)COP(=O)(O)OC[C@@H](O)COP(=O)(O)OC[C@@H](COC(=O)CCCCC)OC(=O)CCCCCCCCC. The van der Waals surface area contributed by atoms with Crippen molar-refractivity contribution in [3.05, 3.63) is 0 Å². The van der Waals surface area contributed by atoms with E-state index in [9.17, 15) is 43.2 Å². The summed E-state index contributed by atoms with van der Waals surface area (Å²) in [6.07, 6.45) is 13.0. The van der Waals surface area contributed by atoms with E-state index in [4.69, 9.17) is 37.0 Å². The van der Waals surface area contributed by atoms with Crippen molar-refractivity contribution >= 4 is 39.5 Å². The van der Waals surface area contributed by atoms with E-state index >= 15 is 0 Å². The summed E-state index contributed by atoms with van der Waals surface area (Å²) >= 11 is 0. The maximum absolute atomic E-state index is 12.6. The third-order valence-electron chi connectivity index (χ3n) is 8.57. The van der Waals surface area contributed by atoms with Crippen LogP contribution in [0.5, 0.6) is 0 Å². The summed E-state index contributed by atoms with van der Waals surface area (Å²) in [5, 5.41) is 10.2. The smallest absolute Gasteiger partial charge is 0.462 e. The van der Waals surface area contributed by atoms with Gasteiger partial charge in [-0.2, -0.15) is 0 Å². The van der Waals surface area contributed by atoms with Gasteiger partial charge in [-0.1, -0.05) is 118 Å². The lowest BCUT2D eigenvalue weighted by atomic mass is 10.1. The van der Waals surface area contributed by atoms with E-state index in [-0.39, 0.29) is 25.7 Å². The first-order valence-corrected chi connectivity index (χ1v) is 24.3. The Morgan fingerprint density at radius 3 is 1.12 bits per heavy atom. The Hall–Kier alpha value is -1.94. The summed E-state index contributed by atoms with van der Waals surface area (Å²) in [5.74, 6) is -2.26. The van der Waals surface area contributed by atoms with Gasteiger partial charge < -0.3 is 33.8 Å². The van der Waals surface area contributed by atoms with Crippen molar-refractivity contribution in [2.75, 3.05) is 39.6 Å². The predicted octanol–water partition coefficient (Wildman–Crippen LogP) is 8.19. The van der Waals surface area contributed by atoms with Gasteiger partial charge in [0, 0.05) is 25.7 Å². The van der Waals surface area contributed by atoms with Gasteiger partial charge in [0.1, 0.15) is 19.3 Å². The van der Waals surface area contributed by atoms with E-state index in [1.54, 1.807) is 6.92 Å². The highest BCUT2D eigenvalue weighted by molar-refractivity contribution is 7.47. The molecule has 2 unspecified atom stereocenters. The molecule has 0 aromatic carbocycles. The fourth-order valence-electron chi connectivity index (χ4n) is 5.25. The number of esters is 4. The molecular weight excluding hydrogens is 802 g/mol. The van der Waals surface area contributed by atoms with Gasteiger partial charge in [-0.3, -0.25) is 37.3 Å². The van der Waals surface area contributed by atoms with Gasteiger partial charge in [-0.15, -0.1) is 0 Å². The van der Waals surface area contributed by atoms with Crippen LogP contribution in [0.15, 0.2) is 0 Å². The minimum atomic E-state index is -4.89. The van der Waals surface area contributed by atoms with Gasteiger partial charge >= 0.3 is 39.5 Å². The zero-order chi connectivity index (χ0) is 43.5. The molecule has 58 heavy (non-hydrogen) atoms. The number of hydrogen-bond donors (Lipinski definition) is 3. The highest BCUT2D eigenvalue weighted by Gasteiger charge is 2.30. The van der Waals surface area contributed by atoms with Gasteiger partial charge in [0.25, 0.3) is 0 Å². The summed E-state index contributed by atoms with van der Waals surface area (Å²) in [6.45, 7) is 4.03. The number of hydrogen-bond acceptors (Lipinski definition) is 15. The second-order valence-electron chi connectivity index (χ2n) is 14.3. The van der Waals surface area contributed by atoms with E-state index in [1.807, 2.05) is 6.92 Å². The lowest BCUT2D eigenvalue weighted by Crippen LogP contribution is -2.30. The molecule has 0 spiro atoms. The third-order valence-corrected chi connectivity index (χ3v) is 10.5. The van der Waals surface area contributed by atoms with Crippen molar-refractivity contribution in [2.45, 2.75) is 187 Å². The van der Waals surface area contributed by atoms with Gasteiger partial charge in [0.05, 0.1) is 26.4 Å². The van der Waals surface area contributed by atoms with Crippen molar-refractivity contribution in [3.63, 3.8) is 0 Å². The molecule has 342 valence electrons. The molecular formula is C39H74O17P2. The number of rotatable bonds is 40. The van der Waals surface area contributed by atoms with Crippen LogP contribution < -0.4 is 0 Å². The van der Waals surface area contributed by atoms with Crippen LogP contribution in [0.25, 0.3) is 0 Å². The predicted molar refractivity (Wildman–Crippen MR) is 215 cm³/mol. The zero-order valence-electron chi connectivity index (χ0n) is 35.5. The van der Waals surface area contributed by atoms with E-state index in [2.05, 4.69) is 13.8 Å². The molecule has 0 fully saturated rings. The Morgan fingerprint density at radius 2 is 0.724 bits per heavy atom. The number of carbonyl (C=O) groups excluding carboxylic acids is 4. The minimum Gasteiger partial charge on any atom is -0.462 e. The largest absolute Gasteiger partial charge is 0.472 e. The molecule has 0 amide bonds. The Morgan fingerprint density at radius 1 is 0.414 bits per heavy atom. The van der Waals surface area contributed by atoms with Gasteiger partial charge in [0.2, 0.25) is 0 Å². The average Bonchev–Trinajstić information content (AvgIpc) is 3.18. The molecule has 0 aliphatic carbocycles. The molecule has 0 saturated heterocycles.